The highest BCUT2D eigenvalue weighted by atomic mass is 31.2. The summed E-state index contributed by atoms with van der Waals surface area (Å²) in [6.07, 6.45) is -0.907. The molecular formula is C16H27N2O9P. The van der Waals surface area contributed by atoms with Crippen molar-refractivity contribution in [2.24, 2.45) is 0 Å². The van der Waals surface area contributed by atoms with E-state index in [-0.39, 0.29) is 38.8 Å². The van der Waals surface area contributed by atoms with E-state index < -0.39 is 37.5 Å². The van der Waals surface area contributed by atoms with Crippen LogP contribution in [0.4, 0.5) is 0 Å². The zero-order chi connectivity index (χ0) is 20.9. The van der Waals surface area contributed by atoms with Crippen LogP contribution in [-0.4, -0.2) is 57.7 Å². The van der Waals surface area contributed by atoms with Crippen molar-refractivity contribution in [2.75, 3.05) is 19.8 Å². The second kappa shape index (κ2) is 9.93. The summed E-state index contributed by atoms with van der Waals surface area (Å²) in [4.78, 5) is 35.8. The first-order valence-corrected chi connectivity index (χ1v) is 10.5. The summed E-state index contributed by atoms with van der Waals surface area (Å²) in [5.74, 6) is 0. The number of rotatable bonds is 10. The number of ether oxygens (including phenoxy) is 2. The summed E-state index contributed by atoms with van der Waals surface area (Å²) in [5, 5.41) is 8.75. The molecule has 0 radical (unpaired) electrons. The molecule has 0 aromatic carbocycles. The molecule has 1 aliphatic heterocycles. The van der Waals surface area contributed by atoms with Crippen molar-refractivity contribution in [3.63, 3.8) is 0 Å². The summed E-state index contributed by atoms with van der Waals surface area (Å²) in [5.41, 5.74) is -0.831. The minimum absolute atomic E-state index is 0.0748. The predicted octanol–water partition coefficient (Wildman–Crippen LogP) is 0.442. The molecule has 2 heterocycles. The molecule has 0 aliphatic carbocycles. The van der Waals surface area contributed by atoms with Crippen molar-refractivity contribution in [1.29, 1.82) is 0 Å². The highest BCUT2D eigenvalue weighted by molar-refractivity contribution is 7.47. The maximum absolute atomic E-state index is 12.2. The topological polar surface area (TPSA) is 149 Å². The number of hydrogen-bond acceptors (Lipinski definition) is 8. The van der Waals surface area contributed by atoms with Crippen molar-refractivity contribution in [1.82, 2.24) is 9.55 Å². The van der Waals surface area contributed by atoms with Crippen LogP contribution in [0.3, 0.4) is 0 Å². The number of aryl methyl sites for hydroxylation is 1. The fourth-order valence-corrected chi connectivity index (χ4v) is 3.65. The quantitative estimate of drug-likeness (QED) is 0.361. The molecule has 1 aliphatic rings. The third-order valence-corrected chi connectivity index (χ3v) is 5.10. The van der Waals surface area contributed by atoms with Crippen LogP contribution in [0.15, 0.2) is 15.8 Å². The van der Waals surface area contributed by atoms with E-state index in [1.807, 2.05) is 13.8 Å². The molecule has 3 N–H and O–H groups in total. The first-order chi connectivity index (χ1) is 13.1. The van der Waals surface area contributed by atoms with Crippen molar-refractivity contribution in [3.05, 3.63) is 32.6 Å². The van der Waals surface area contributed by atoms with Crippen LogP contribution in [0.5, 0.6) is 0 Å². The largest absolute Gasteiger partial charge is 0.472 e. The lowest BCUT2D eigenvalue weighted by Crippen LogP contribution is -2.33. The Morgan fingerprint density at radius 3 is 2.79 bits per heavy atom. The molecular weight excluding hydrogens is 395 g/mol. The average molecular weight is 422 g/mol. The Morgan fingerprint density at radius 1 is 1.43 bits per heavy atom. The van der Waals surface area contributed by atoms with Gasteiger partial charge in [-0.15, -0.1) is 0 Å². The molecule has 11 nitrogen and oxygen atoms in total. The van der Waals surface area contributed by atoms with E-state index in [1.165, 1.54) is 10.8 Å². The van der Waals surface area contributed by atoms with Crippen LogP contribution < -0.4 is 11.2 Å². The van der Waals surface area contributed by atoms with Gasteiger partial charge in [0.2, 0.25) is 0 Å². The summed E-state index contributed by atoms with van der Waals surface area (Å²) in [6.45, 7) is 4.95. The van der Waals surface area contributed by atoms with Crippen molar-refractivity contribution >= 4 is 7.82 Å². The van der Waals surface area contributed by atoms with Gasteiger partial charge in [0, 0.05) is 24.8 Å². The van der Waals surface area contributed by atoms with E-state index in [4.69, 9.17) is 23.6 Å². The lowest BCUT2D eigenvalue weighted by atomic mass is 10.2. The maximum atomic E-state index is 12.2. The Hall–Kier alpha value is -1.33. The minimum Gasteiger partial charge on any atom is -0.396 e. The van der Waals surface area contributed by atoms with E-state index in [2.05, 4.69) is 4.98 Å². The van der Waals surface area contributed by atoms with Crippen LogP contribution in [0.1, 0.15) is 38.5 Å². The highest BCUT2D eigenvalue weighted by Gasteiger charge is 2.42. The molecule has 0 saturated carbocycles. The molecule has 1 aromatic rings. The average Bonchev–Trinajstić information content (AvgIpc) is 2.98. The lowest BCUT2D eigenvalue weighted by molar-refractivity contribution is -0.0746. The molecule has 1 fully saturated rings. The predicted molar refractivity (Wildman–Crippen MR) is 98.0 cm³/mol. The molecule has 2 unspecified atom stereocenters. The molecule has 28 heavy (non-hydrogen) atoms. The molecule has 12 heteroatoms. The lowest BCUT2D eigenvalue weighted by Gasteiger charge is -2.22. The van der Waals surface area contributed by atoms with Gasteiger partial charge in [0.25, 0.3) is 5.56 Å². The monoisotopic (exact) mass is 422 g/mol. The molecule has 0 spiro atoms. The number of hydrogen-bond donors (Lipinski definition) is 3. The third kappa shape index (κ3) is 6.35. The van der Waals surface area contributed by atoms with Crippen molar-refractivity contribution in [2.45, 2.75) is 58.2 Å². The van der Waals surface area contributed by atoms with Gasteiger partial charge in [-0.25, -0.2) is 9.36 Å². The minimum atomic E-state index is -4.40. The van der Waals surface area contributed by atoms with Crippen LogP contribution in [0.2, 0.25) is 0 Å². The molecule has 1 saturated heterocycles. The Balaban J connectivity index is 2.17. The number of phosphoric acid groups is 1. The summed E-state index contributed by atoms with van der Waals surface area (Å²) in [6, 6.07) is 0. The zero-order valence-electron chi connectivity index (χ0n) is 16.1. The molecule has 1 aromatic heterocycles. The van der Waals surface area contributed by atoms with Gasteiger partial charge in [0.1, 0.15) is 18.4 Å². The normalized spacial score (nSPS) is 24.6. The summed E-state index contributed by atoms with van der Waals surface area (Å²) in [7, 11) is -4.40. The zero-order valence-corrected chi connectivity index (χ0v) is 17.0. The van der Waals surface area contributed by atoms with Gasteiger partial charge in [-0.2, -0.15) is 0 Å². The van der Waals surface area contributed by atoms with E-state index >= 15 is 0 Å². The van der Waals surface area contributed by atoms with Crippen LogP contribution in [0.25, 0.3) is 0 Å². The molecule has 4 atom stereocenters. The first kappa shape index (κ1) is 23.0. The SMILES string of the molecule is Cc1cn([C@H]2CC(OP(=O)(O)OCCCO)[C@@H](COC(C)C)O2)c(=O)[nH]c1=O. The Labute approximate surface area is 161 Å². The van der Waals surface area contributed by atoms with Crippen molar-refractivity contribution < 1.29 is 33.1 Å². The third-order valence-electron chi connectivity index (χ3n) is 4.06. The van der Waals surface area contributed by atoms with Gasteiger partial charge < -0.3 is 19.5 Å². The second-order valence-electron chi connectivity index (χ2n) is 6.75. The van der Waals surface area contributed by atoms with Gasteiger partial charge in [-0.05, 0) is 27.2 Å². The molecule has 2 rings (SSSR count). The van der Waals surface area contributed by atoms with E-state index in [0.717, 1.165) is 0 Å². The van der Waals surface area contributed by atoms with Crippen LogP contribution >= 0.6 is 7.82 Å². The standard InChI is InChI=1S/C16H27N2O9P/c1-10(2)24-9-13-12(27-28(22,23)25-6-4-5-19)7-14(26-13)18-8-11(3)15(20)17-16(18)21/h8,10,12-14,19H,4-7,9H2,1-3H3,(H,22,23)(H,17,20,21)/t12?,13-,14-/m1/s1. The highest BCUT2D eigenvalue weighted by Crippen LogP contribution is 2.48. The Kier molecular flexibility index (Phi) is 8.14. The summed E-state index contributed by atoms with van der Waals surface area (Å²) < 4.78 is 34.8. The first-order valence-electron chi connectivity index (χ1n) is 8.98. The maximum Gasteiger partial charge on any atom is 0.472 e. The van der Waals surface area contributed by atoms with Gasteiger partial charge in [0.15, 0.2) is 0 Å². The smallest absolute Gasteiger partial charge is 0.396 e. The van der Waals surface area contributed by atoms with Gasteiger partial charge in [-0.1, -0.05) is 0 Å². The fraction of sp³-hybridized carbons (Fsp3) is 0.750. The van der Waals surface area contributed by atoms with Crippen molar-refractivity contribution in [3.8, 4) is 0 Å². The van der Waals surface area contributed by atoms with E-state index in [9.17, 15) is 19.0 Å². The fourth-order valence-electron chi connectivity index (χ4n) is 2.67. The van der Waals surface area contributed by atoms with Crippen LogP contribution in [0, 0.1) is 6.92 Å². The van der Waals surface area contributed by atoms with Crippen LogP contribution in [-0.2, 0) is 23.1 Å². The molecule has 0 bridgehead atoms. The number of phosphoric ester groups is 1. The number of aromatic amines is 1. The Bertz CT molecular complexity index is 806. The number of nitrogens with zero attached hydrogens (tertiary/aromatic N) is 1. The van der Waals surface area contributed by atoms with Gasteiger partial charge >= 0.3 is 13.5 Å². The van der Waals surface area contributed by atoms with Gasteiger partial charge in [0.05, 0.1) is 19.3 Å². The van der Waals surface area contributed by atoms with Gasteiger partial charge in [-0.3, -0.25) is 23.4 Å². The number of H-pyrrole nitrogens is 1. The molecule has 0 amide bonds. The second-order valence-corrected chi connectivity index (χ2v) is 8.15. The molecule has 160 valence electrons. The number of aliphatic hydroxyl groups is 1. The number of nitrogens with one attached hydrogen (secondary N) is 1. The number of aromatic nitrogens is 2. The Morgan fingerprint density at radius 2 is 2.14 bits per heavy atom. The summed E-state index contributed by atoms with van der Waals surface area (Å²) >= 11 is 0. The number of aliphatic hydroxyl groups excluding tert-OH is 1. The van der Waals surface area contributed by atoms with E-state index in [1.54, 1.807) is 6.92 Å². The van der Waals surface area contributed by atoms with E-state index in [0.29, 0.717) is 5.56 Å².